The Morgan fingerprint density at radius 2 is 1.28 bits per heavy atom. The van der Waals surface area contributed by atoms with Gasteiger partial charge in [-0.1, -0.05) is 0 Å². The van der Waals surface area contributed by atoms with Crippen molar-refractivity contribution in [2.24, 2.45) is 0 Å². The molecule has 0 aromatic carbocycles. The first-order valence-corrected chi connectivity index (χ1v) is 7.55. The zero-order valence-electron chi connectivity index (χ0n) is 13.9. The molecule has 0 saturated heterocycles. The molecule has 0 amide bonds. The van der Waals surface area contributed by atoms with Gasteiger partial charge in [-0.3, -0.25) is 0 Å². The Balaban J connectivity index is 2.61. The molecule has 1 aliphatic rings. The molecule has 1 aliphatic carbocycles. The minimum atomic E-state index is -5.96. The van der Waals surface area contributed by atoms with Crippen LogP contribution in [0.2, 0.25) is 0 Å². The van der Waals surface area contributed by atoms with Gasteiger partial charge in [-0.2, -0.15) is 43.9 Å². The molecule has 0 radical (unpaired) electrons. The standard InChI is InChI=1S/C13H12F10O6/c14-10(15,16)8(24)27-5-26-6-2-1-3-7(4-6)28-12(20,21)13(22,23)29-9(25)11(17,18)19/h6-7H,1-5H2. The summed E-state index contributed by atoms with van der Waals surface area (Å²) in [7, 11) is 0. The van der Waals surface area contributed by atoms with E-state index in [-0.39, 0.29) is 19.3 Å². The third-order valence-corrected chi connectivity index (χ3v) is 3.41. The van der Waals surface area contributed by atoms with Gasteiger partial charge >= 0.3 is 36.5 Å². The van der Waals surface area contributed by atoms with Crippen molar-refractivity contribution in [3.05, 3.63) is 0 Å². The van der Waals surface area contributed by atoms with Crippen LogP contribution in [-0.4, -0.2) is 55.5 Å². The molecular weight excluding hydrogens is 442 g/mol. The van der Waals surface area contributed by atoms with Gasteiger partial charge in [-0.15, -0.1) is 0 Å². The van der Waals surface area contributed by atoms with Gasteiger partial charge in [-0.25, -0.2) is 9.59 Å². The van der Waals surface area contributed by atoms with Crippen LogP contribution in [0.4, 0.5) is 43.9 Å². The SMILES string of the molecule is O=C(OCOC1CCCC(OC(F)(F)C(F)(F)OC(=O)C(F)(F)F)C1)C(F)(F)F. The lowest BCUT2D eigenvalue weighted by atomic mass is 9.95. The monoisotopic (exact) mass is 454 g/mol. The molecule has 1 saturated carbocycles. The molecule has 2 atom stereocenters. The van der Waals surface area contributed by atoms with E-state index in [0.717, 1.165) is 0 Å². The molecule has 29 heavy (non-hydrogen) atoms. The van der Waals surface area contributed by atoms with E-state index in [1.165, 1.54) is 0 Å². The van der Waals surface area contributed by atoms with E-state index in [9.17, 15) is 53.5 Å². The molecule has 1 rings (SSSR count). The van der Waals surface area contributed by atoms with E-state index in [4.69, 9.17) is 4.74 Å². The number of hydrogen-bond acceptors (Lipinski definition) is 6. The maximum atomic E-state index is 13.5. The van der Waals surface area contributed by atoms with Crippen molar-refractivity contribution in [2.45, 2.75) is 62.5 Å². The molecule has 0 N–H and O–H groups in total. The zero-order chi connectivity index (χ0) is 22.7. The lowest BCUT2D eigenvalue weighted by Gasteiger charge is -2.33. The minimum Gasteiger partial charge on any atom is -0.432 e. The van der Waals surface area contributed by atoms with Crippen LogP contribution in [0.25, 0.3) is 0 Å². The summed E-state index contributed by atoms with van der Waals surface area (Å²) in [6.45, 7) is -1.22. The second kappa shape index (κ2) is 8.89. The highest BCUT2D eigenvalue weighted by Crippen LogP contribution is 2.40. The van der Waals surface area contributed by atoms with E-state index in [2.05, 4.69) is 14.2 Å². The van der Waals surface area contributed by atoms with Gasteiger partial charge in [0, 0.05) is 6.42 Å². The van der Waals surface area contributed by atoms with E-state index >= 15 is 0 Å². The van der Waals surface area contributed by atoms with Crippen LogP contribution < -0.4 is 0 Å². The van der Waals surface area contributed by atoms with Crippen LogP contribution in [0.15, 0.2) is 0 Å². The van der Waals surface area contributed by atoms with Crippen molar-refractivity contribution in [1.82, 2.24) is 0 Å². The minimum absolute atomic E-state index is 0.00740. The smallest absolute Gasteiger partial charge is 0.432 e. The van der Waals surface area contributed by atoms with Crippen LogP contribution in [0.5, 0.6) is 0 Å². The summed E-state index contributed by atoms with van der Waals surface area (Å²) < 4.78 is 140. The molecule has 1 fully saturated rings. The summed E-state index contributed by atoms with van der Waals surface area (Å²) in [5, 5.41) is 0. The third kappa shape index (κ3) is 7.49. The van der Waals surface area contributed by atoms with E-state index in [1.54, 1.807) is 0 Å². The van der Waals surface area contributed by atoms with Crippen molar-refractivity contribution < 1.29 is 72.4 Å². The quantitative estimate of drug-likeness (QED) is 0.332. The van der Waals surface area contributed by atoms with Gasteiger partial charge in [0.05, 0.1) is 12.2 Å². The number of rotatable bonds is 7. The molecule has 0 bridgehead atoms. The van der Waals surface area contributed by atoms with Crippen molar-refractivity contribution in [2.75, 3.05) is 6.79 Å². The summed E-state index contributed by atoms with van der Waals surface area (Å²) in [6, 6.07) is 0. The average molecular weight is 454 g/mol. The van der Waals surface area contributed by atoms with Crippen LogP contribution >= 0.6 is 0 Å². The Bertz CT molecular complexity index is 588. The van der Waals surface area contributed by atoms with Gasteiger partial charge in [-0.05, 0) is 19.3 Å². The van der Waals surface area contributed by atoms with E-state index in [0.29, 0.717) is 0 Å². The number of hydrogen-bond donors (Lipinski definition) is 0. The fourth-order valence-corrected chi connectivity index (χ4v) is 2.14. The van der Waals surface area contributed by atoms with Gasteiger partial charge in [0.25, 0.3) is 0 Å². The number of carbonyl (C=O) groups excluding carboxylic acids is 2. The number of ether oxygens (including phenoxy) is 4. The molecule has 6 nitrogen and oxygen atoms in total. The normalized spacial score (nSPS) is 21.6. The van der Waals surface area contributed by atoms with E-state index in [1.807, 2.05) is 0 Å². The molecule has 0 aliphatic heterocycles. The van der Waals surface area contributed by atoms with Crippen molar-refractivity contribution in [1.29, 1.82) is 0 Å². The predicted molar refractivity (Wildman–Crippen MR) is 67.3 cm³/mol. The number of carbonyl (C=O) groups is 2. The largest absolute Gasteiger partial charge is 0.496 e. The second-order valence-corrected chi connectivity index (χ2v) is 5.66. The van der Waals surface area contributed by atoms with Crippen molar-refractivity contribution in [3.8, 4) is 0 Å². The van der Waals surface area contributed by atoms with E-state index < -0.39 is 61.9 Å². The maximum Gasteiger partial charge on any atom is 0.496 e. The van der Waals surface area contributed by atoms with Crippen LogP contribution in [0.1, 0.15) is 25.7 Å². The highest BCUT2D eigenvalue weighted by Gasteiger charge is 2.65. The molecular formula is C13H12F10O6. The Labute approximate surface area is 155 Å². The highest BCUT2D eigenvalue weighted by molar-refractivity contribution is 5.76. The lowest BCUT2D eigenvalue weighted by molar-refractivity contribution is -0.432. The van der Waals surface area contributed by atoms with Crippen molar-refractivity contribution >= 4 is 11.9 Å². The first-order valence-electron chi connectivity index (χ1n) is 7.55. The molecule has 16 heteroatoms. The first-order chi connectivity index (χ1) is 13.0. The lowest BCUT2D eigenvalue weighted by Crippen LogP contribution is -2.50. The molecule has 0 aromatic heterocycles. The third-order valence-electron chi connectivity index (χ3n) is 3.41. The predicted octanol–water partition coefficient (Wildman–Crippen LogP) is 3.68. The van der Waals surface area contributed by atoms with Gasteiger partial charge < -0.3 is 18.9 Å². The fraction of sp³-hybridized carbons (Fsp3) is 0.846. The summed E-state index contributed by atoms with van der Waals surface area (Å²) in [6.07, 6.45) is -26.6. The summed E-state index contributed by atoms with van der Waals surface area (Å²) >= 11 is 0. The maximum absolute atomic E-state index is 13.5. The first kappa shape index (κ1) is 25.2. The summed E-state index contributed by atoms with van der Waals surface area (Å²) in [5.74, 6) is -6.15. The number of alkyl halides is 10. The molecule has 0 heterocycles. The molecule has 2 unspecified atom stereocenters. The Kier molecular flexibility index (Phi) is 7.72. The zero-order valence-corrected chi connectivity index (χ0v) is 13.9. The van der Waals surface area contributed by atoms with Crippen molar-refractivity contribution in [3.63, 3.8) is 0 Å². The summed E-state index contributed by atoms with van der Waals surface area (Å²) in [5.41, 5.74) is 0. The van der Waals surface area contributed by atoms with Gasteiger partial charge in [0.15, 0.2) is 6.79 Å². The molecule has 0 spiro atoms. The van der Waals surface area contributed by atoms with Gasteiger partial charge in [0.1, 0.15) is 0 Å². The Hall–Kier alpha value is -1.84. The molecule has 0 aromatic rings. The van der Waals surface area contributed by atoms with Crippen LogP contribution in [0.3, 0.4) is 0 Å². The van der Waals surface area contributed by atoms with Crippen LogP contribution in [-0.2, 0) is 28.5 Å². The summed E-state index contributed by atoms with van der Waals surface area (Å²) in [4.78, 5) is 20.8. The Morgan fingerprint density at radius 1 is 0.759 bits per heavy atom. The fourth-order valence-electron chi connectivity index (χ4n) is 2.14. The Morgan fingerprint density at radius 3 is 1.79 bits per heavy atom. The second-order valence-electron chi connectivity index (χ2n) is 5.66. The van der Waals surface area contributed by atoms with Gasteiger partial charge in [0.2, 0.25) is 0 Å². The number of halogens is 10. The average Bonchev–Trinajstić information content (AvgIpc) is 2.52. The number of esters is 2. The van der Waals surface area contributed by atoms with Crippen LogP contribution in [0, 0.1) is 0 Å². The molecule has 170 valence electrons. The topological polar surface area (TPSA) is 71.1 Å². The highest BCUT2D eigenvalue weighted by atomic mass is 19.4.